The minimum atomic E-state index is 0.437. The van der Waals surface area contributed by atoms with E-state index in [2.05, 4.69) is 73.5 Å². The second kappa shape index (κ2) is 12.3. The first kappa shape index (κ1) is 26.6. The molecule has 1 fully saturated rings. The molecule has 0 radical (unpaired) electrons. The molecule has 1 N–H and O–H groups in total. The highest BCUT2D eigenvalue weighted by Crippen LogP contribution is 2.34. The van der Waals surface area contributed by atoms with E-state index in [4.69, 9.17) is 14.7 Å². The van der Waals surface area contributed by atoms with Gasteiger partial charge in [0, 0.05) is 56.1 Å². The lowest BCUT2D eigenvalue weighted by atomic mass is 10.0. The number of benzene rings is 1. The van der Waals surface area contributed by atoms with Gasteiger partial charge in [0.1, 0.15) is 22.2 Å². The van der Waals surface area contributed by atoms with Crippen molar-refractivity contribution in [1.82, 2.24) is 24.6 Å². The van der Waals surface area contributed by atoms with Crippen molar-refractivity contribution < 1.29 is 4.74 Å². The van der Waals surface area contributed by atoms with E-state index in [1.54, 1.807) is 11.3 Å². The highest BCUT2D eigenvalue weighted by atomic mass is 32.1. The van der Waals surface area contributed by atoms with Crippen molar-refractivity contribution in [2.45, 2.75) is 78.9 Å². The summed E-state index contributed by atoms with van der Waals surface area (Å²) in [7, 11) is 0. The molecule has 0 atom stereocenters. The number of likely N-dealkylation sites (tertiary alicyclic amines) is 1. The third-order valence-electron chi connectivity index (χ3n) is 7.34. The Morgan fingerprint density at radius 2 is 1.97 bits per heavy atom. The van der Waals surface area contributed by atoms with Crippen molar-refractivity contribution >= 4 is 27.4 Å². The summed E-state index contributed by atoms with van der Waals surface area (Å²) in [6.45, 7) is 13.3. The van der Waals surface area contributed by atoms with Crippen molar-refractivity contribution in [2.75, 3.05) is 25.0 Å². The standard InChI is InChI=1S/C30H40N6OS/c1-5-8-27-33-29(28-22(3)23(4)38-30(28)34-27)32-25-11-14-35(15-12-25)20-24-9-6-10-26(17-24)37-16-7-13-36-19-21(2)18-31-36/h6,9-10,17-19,25H,5,7-8,11-16,20H2,1-4H3,(H,32,33,34). The number of aromatic nitrogens is 4. The van der Waals surface area contributed by atoms with Crippen LogP contribution < -0.4 is 10.1 Å². The summed E-state index contributed by atoms with van der Waals surface area (Å²) in [5.41, 5.74) is 3.81. The van der Waals surface area contributed by atoms with Gasteiger partial charge in [-0.25, -0.2) is 9.97 Å². The molecule has 0 aliphatic carbocycles. The fourth-order valence-corrected chi connectivity index (χ4v) is 6.21. The van der Waals surface area contributed by atoms with Crippen LogP contribution in [0.15, 0.2) is 36.7 Å². The van der Waals surface area contributed by atoms with Crippen LogP contribution in [0.4, 0.5) is 5.82 Å². The van der Waals surface area contributed by atoms with Gasteiger partial charge in [0.15, 0.2) is 0 Å². The molecule has 38 heavy (non-hydrogen) atoms. The van der Waals surface area contributed by atoms with E-state index in [0.29, 0.717) is 12.6 Å². The van der Waals surface area contributed by atoms with Crippen molar-refractivity contribution in [3.63, 3.8) is 0 Å². The minimum Gasteiger partial charge on any atom is -0.494 e. The second-order valence-electron chi connectivity index (χ2n) is 10.5. The number of thiophene rings is 1. The molecule has 0 saturated carbocycles. The van der Waals surface area contributed by atoms with E-state index in [9.17, 15) is 0 Å². The number of aryl methyl sites for hydroxylation is 5. The number of piperidine rings is 1. The zero-order valence-electron chi connectivity index (χ0n) is 23.2. The maximum atomic E-state index is 6.04. The monoisotopic (exact) mass is 532 g/mol. The molecule has 0 bridgehead atoms. The first-order valence-corrected chi connectivity index (χ1v) is 14.8. The molecule has 5 rings (SSSR count). The Kier molecular flexibility index (Phi) is 8.59. The first-order chi connectivity index (χ1) is 18.5. The molecular formula is C30H40N6OS. The average Bonchev–Trinajstić information content (AvgIpc) is 3.45. The fourth-order valence-electron chi connectivity index (χ4n) is 5.16. The van der Waals surface area contributed by atoms with E-state index in [-0.39, 0.29) is 0 Å². The zero-order valence-corrected chi connectivity index (χ0v) is 24.0. The Hall–Kier alpha value is -2.97. The summed E-state index contributed by atoms with van der Waals surface area (Å²) in [5, 5.41) is 9.37. The summed E-state index contributed by atoms with van der Waals surface area (Å²) in [4.78, 5) is 14.8. The number of rotatable bonds is 11. The number of nitrogens with one attached hydrogen (secondary N) is 1. The van der Waals surface area contributed by atoms with Crippen LogP contribution in [0.2, 0.25) is 0 Å². The van der Waals surface area contributed by atoms with Crippen molar-refractivity contribution in [3.8, 4) is 5.75 Å². The van der Waals surface area contributed by atoms with Crippen LogP contribution in [-0.2, 0) is 19.5 Å². The van der Waals surface area contributed by atoms with Crippen molar-refractivity contribution in [1.29, 1.82) is 0 Å². The smallest absolute Gasteiger partial charge is 0.139 e. The lowest BCUT2D eigenvalue weighted by molar-refractivity contribution is 0.211. The normalized spacial score (nSPS) is 14.8. The molecule has 1 aromatic carbocycles. The van der Waals surface area contributed by atoms with Crippen LogP contribution in [0.1, 0.15) is 60.0 Å². The van der Waals surface area contributed by atoms with E-state index >= 15 is 0 Å². The third-order valence-corrected chi connectivity index (χ3v) is 8.45. The molecule has 1 aliphatic heterocycles. The van der Waals surface area contributed by atoms with Crippen LogP contribution in [-0.4, -0.2) is 50.4 Å². The number of hydrogen-bond acceptors (Lipinski definition) is 7. The van der Waals surface area contributed by atoms with E-state index in [0.717, 1.165) is 80.5 Å². The van der Waals surface area contributed by atoms with Gasteiger partial charge in [-0.05, 0) is 68.9 Å². The quantitative estimate of drug-likeness (QED) is 0.228. The molecule has 0 amide bonds. The Labute approximate surface area is 230 Å². The SMILES string of the molecule is CCCc1nc(NC2CCN(Cc3cccc(OCCCn4cc(C)cn4)c3)CC2)c2c(C)c(C)sc2n1. The highest BCUT2D eigenvalue weighted by molar-refractivity contribution is 7.18. The van der Waals surface area contributed by atoms with E-state index in [1.807, 2.05) is 10.9 Å². The summed E-state index contributed by atoms with van der Waals surface area (Å²) < 4.78 is 8.02. The molecule has 8 heteroatoms. The van der Waals surface area contributed by atoms with Crippen LogP contribution in [0, 0.1) is 20.8 Å². The molecule has 3 aromatic heterocycles. The van der Waals surface area contributed by atoms with Gasteiger partial charge in [-0.2, -0.15) is 5.10 Å². The summed E-state index contributed by atoms with van der Waals surface area (Å²) in [5.74, 6) is 2.94. The van der Waals surface area contributed by atoms with Gasteiger partial charge in [-0.3, -0.25) is 9.58 Å². The van der Waals surface area contributed by atoms with Crippen LogP contribution in [0.3, 0.4) is 0 Å². The number of nitrogens with zero attached hydrogens (tertiary/aromatic N) is 5. The zero-order chi connectivity index (χ0) is 26.5. The van der Waals surface area contributed by atoms with Gasteiger partial charge in [0.05, 0.1) is 18.2 Å². The second-order valence-corrected chi connectivity index (χ2v) is 11.7. The Morgan fingerprint density at radius 1 is 1.13 bits per heavy atom. The number of fused-ring (bicyclic) bond motifs is 1. The van der Waals surface area contributed by atoms with Gasteiger partial charge in [0.2, 0.25) is 0 Å². The van der Waals surface area contributed by atoms with Gasteiger partial charge in [0.25, 0.3) is 0 Å². The van der Waals surface area contributed by atoms with Gasteiger partial charge in [-0.1, -0.05) is 19.1 Å². The van der Waals surface area contributed by atoms with Crippen molar-refractivity contribution in [2.24, 2.45) is 0 Å². The lowest BCUT2D eigenvalue weighted by Gasteiger charge is -2.33. The van der Waals surface area contributed by atoms with Crippen LogP contribution in [0.25, 0.3) is 10.2 Å². The molecule has 4 aromatic rings. The van der Waals surface area contributed by atoms with Crippen molar-refractivity contribution in [3.05, 3.63) is 64.1 Å². The lowest BCUT2D eigenvalue weighted by Crippen LogP contribution is -2.38. The number of hydrogen-bond donors (Lipinski definition) is 1. The molecule has 4 heterocycles. The minimum absolute atomic E-state index is 0.437. The molecule has 0 spiro atoms. The molecule has 202 valence electrons. The summed E-state index contributed by atoms with van der Waals surface area (Å²) >= 11 is 1.79. The van der Waals surface area contributed by atoms with Crippen LogP contribution >= 0.6 is 11.3 Å². The Balaban J connectivity index is 1.12. The van der Waals surface area contributed by atoms with E-state index in [1.165, 1.54) is 27.0 Å². The molecule has 0 unspecified atom stereocenters. The maximum absolute atomic E-state index is 6.04. The third kappa shape index (κ3) is 6.53. The highest BCUT2D eigenvalue weighted by Gasteiger charge is 2.22. The fraction of sp³-hybridized carbons (Fsp3) is 0.500. The Bertz CT molecular complexity index is 1350. The predicted molar refractivity (Wildman–Crippen MR) is 156 cm³/mol. The number of ether oxygens (including phenoxy) is 1. The number of anilines is 1. The van der Waals surface area contributed by atoms with Gasteiger partial charge < -0.3 is 10.1 Å². The Morgan fingerprint density at radius 3 is 2.74 bits per heavy atom. The molecule has 7 nitrogen and oxygen atoms in total. The van der Waals surface area contributed by atoms with Crippen LogP contribution in [0.5, 0.6) is 5.75 Å². The maximum Gasteiger partial charge on any atom is 0.139 e. The summed E-state index contributed by atoms with van der Waals surface area (Å²) in [6.07, 6.45) is 9.11. The molecule has 1 saturated heterocycles. The average molecular weight is 533 g/mol. The van der Waals surface area contributed by atoms with Gasteiger partial charge in [-0.15, -0.1) is 11.3 Å². The predicted octanol–water partition coefficient (Wildman–Crippen LogP) is 6.31. The largest absolute Gasteiger partial charge is 0.494 e. The summed E-state index contributed by atoms with van der Waals surface area (Å²) in [6, 6.07) is 9.00. The molecule has 1 aliphatic rings. The van der Waals surface area contributed by atoms with E-state index < -0.39 is 0 Å². The topological polar surface area (TPSA) is 68.1 Å². The van der Waals surface area contributed by atoms with Gasteiger partial charge >= 0.3 is 0 Å². The molecular weight excluding hydrogens is 492 g/mol. The first-order valence-electron chi connectivity index (χ1n) is 13.9.